The van der Waals surface area contributed by atoms with Gasteiger partial charge in [0.1, 0.15) is 5.75 Å². The lowest BCUT2D eigenvalue weighted by atomic mass is 10.2. The molecule has 27 heavy (non-hydrogen) atoms. The summed E-state index contributed by atoms with van der Waals surface area (Å²) in [6.45, 7) is -2.28. The number of alkyl halides is 2. The summed E-state index contributed by atoms with van der Waals surface area (Å²) in [5.74, 6) is 0.731. The average Bonchev–Trinajstić information content (AvgIpc) is 3.20. The molecule has 0 saturated heterocycles. The fraction of sp³-hybridized carbons (Fsp3) is 0.167. The number of rotatable bonds is 7. The van der Waals surface area contributed by atoms with E-state index in [2.05, 4.69) is 25.5 Å². The standard InChI is InChI=1S/C18H17F2N5O2/c19-17(20)27-15-4-2-13(3-5-15)11-22-18(26)23-12-14-6-8-21-16(10-14)25-9-1-7-24-25/h1-10,17H,11-12H2,(H2,22,23,26). The number of hydrogen-bond acceptors (Lipinski definition) is 4. The minimum atomic E-state index is -2.86. The number of halogens is 2. The van der Waals surface area contributed by atoms with Gasteiger partial charge >= 0.3 is 12.6 Å². The smallest absolute Gasteiger partial charge is 0.387 e. The predicted octanol–water partition coefficient (Wildman–Crippen LogP) is 2.87. The first kappa shape index (κ1) is 18.3. The van der Waals surface area contributed by atoms with Crippen molar-refractivity contribution in [3.8, 4) is 11.6 Å². The summed E-state index contributed by atoms with van der Waals surface area (Å²) >= 11 is 0. The van der Waals surface area contributed by atoms with Crippen molar-refractivity contribution in [2.24, 2.45) is 0 Å². The Labute approximate surface area is 154 Å². The number of pyridine rings is 1. The molecule has 3 rings (SSSR count). The molecule has 140 valence electrons. The van der Waals surface area contributed by atoms with Crippen molar-refractivity contribution in [2.45, 2.75) is 19.7 Å². The van der Waals surface area contributed by atoms with Crippen LogP contribution in [0.4, 0.5) is 13.6 Å². The zero-order chi connectivity index (χ0) is 19.1. The van der Waals surface area contributed by atoms with Crippen molar-refractivity contribution >= 4 is 6.03 Å². The molecule has 1 aromatic carbocycles. The molecular formula is C18H17F2N5O2. The monoisotopic (exact) mass is 373 g/mol. The van der Waals surface area contributed by atoms with Crippen LogP contribution in [0.2, 0.25) is 0 Å². The van der Waals surface area contributed by atoms with E-state index in [1.165, 1.54) is 12.1 Å². The number of amides is 2. The van der Waals surface area contributed by atoms with E-state index in [0.717, 1.165) is 11.1 Å². The van der Waals surface area contributed by atoms with Gasteiger partial charge in [0.25, 0.3) is 0 Å². The van der Waals surface area contributed by atoms with Crippen molar-refractivity contribution in [1.29, 1.82) is 0 Å². The van der Waals surface area contributed by atoms with E-state index < -0.39 is 6.61 Å². The summed E-state index contributed by atoms with van der Waals surface area (Å²) < 4.78 is 30.1. The van der Waals surface area contributed by atoms with E-state index in [1.54, 1.807) is 47.5 Å². The number of aromatic nitrogens is 3. The third-order valence-corrected chi connectivity index (χ3v) is 3.60. The highest BCUT2D eigenvalue weighted by atomic mass is 19.3. The lowest BCUT2D eigenvalue weighted by Gasteiger charge is -2.09. The average molecular weight is 373 g/mol. The van der Waals surface area contributed by atoms with E-state index >= 15 is 0 Å². The Kier molecular flexibility index (Phi) is 5.93. The number of urea groups is 1. The maximum atomic E-state index is 12.1. The first-order valence-corrected chi connectivity index (χ1v) is 8.10. The molecule has 9 heteroatoms. The van der Waals surface area contributed by atoms with Crippen LogP contribution in [0.25, 0.3) is 5.82 Å². The van der Waals surface area contributed by atoms with Gasteiger partial charge in [-0.05, 0) is 41.5 Å². The summed E-state index contributed by atoms with van der Waals surface area (Å²) in [5, 5.41) is 9.56. The maximum absolute atomic E-state index is 12.1. The molecule has 0 aliphatic carbocycles. The highest BCUT2D eigenvalue weighted by molar-refractivity contribution is 5.73. The molecule has 0 radical (unpaired) electrons. The van der Waals surface area contributed by atoms with Crippen LogP contribution in [-0.4, -0.2) is 27.4 Å². The van der Waals surface area contributed by atoms with Gasteiger partial charge in [0.2, 0.25) is 0 Å². The van der Waals surface area contributed by atoms with Gasteiger partial charge in [0, 0.05) is 31.7 Å². The minimum absolute atomic E-state index is 0.0730. The largest absolute Gasteiger partial charge is 0.435 e. The van der Waals surface area contributed by atoms with Crippen molar-refractivity contribution in [2.75, 3.05) is 0 Å². The highest BCUT2D eigenvalue weighted by Crippen LogP contribution is 2.14. The summed E-state index contributed by atoms with van der Waals surface area (Å²) in [4.78, 5) is 16.2. The number of carbonyl (C=O) groups excluding carboxylic acids is 1. The SMILES string of the molecule is O=C(NCc1ccc(OC(F)F)cc1)NCc1ccnc(-n2cccn2)c1. The second kappa shape index (κ2) is 8.75. The van der Waals surface area contributed by atoms with Crippen LogP contribution in [0.5, 0.6) is 5.75 Å². The van der Waals surface area contributed by atoms with Gasteiger partial charge in [-0.15, -0.1) is 0 Å². The number of benzene rings is 1. The Hall–Kier alpha value is -3.49. The quantitative estimate of drug-likeness (QED) is 0.667. The highest BCUT2D eigenvalue weighted by Gasteiger charge is 2.05. The lowest BCUT2D eigenvalue weighted by molar-refractivity contribution is -0.0498. The molecule has 0 bridgehead atoms. The molecule has 0 spiro atoms. The molecule has 0 unspecified atom stereocenters. The van der Waals surface area contributed by atoms with Gasteiger partial charge in [-0.1, -0.05) is 12.1 Å². The number of nitrogens with zero attached hydrogens (tertiary/aromatic N) is 3. The molecular weight excluding hydrogens is 356 g/mol. The van der Waals surface area contributed by atoms with Crippen LogP contribution >= 0.6 is 0 Å². The Morgan fingerprint density at radius 3 is 2.48 bits per heavy atom. The fourth-order valence-electron chi connectivity index (χ4n) is 2.32. The van der Waals surface area contributed by atoms with Gasteiger partial charge in [-0.3, -0.25) is 0 Å². The summed E-state index contributed by atoms with van der Waals surface area (Å²) in [7, 11) is 0. The zero-order valence-electron chi connectivity index (χ0n) is 14.2. The minimum Gasteiger partial charge on any atom is -0.435 e. The lowest BCUT2D eigenvalue weighted by Crippen LogP contribution is -2.34. The van der Waals surface area contributed by atoms with E-state index in [9.17, 15) is 13.6 Å². The maximum Gasteiger partial charge on any atom is 0.387 e. The van der Waals surface area contributed by atoms with Crippen LogP contribution in [-0.2, 0) is 13.1 Å². The molecule has 0 aliphatic rings. The third-order valence-electron chi connectivity index (χ3n) is 3.60. The Morgan fingerprint density at radius 1 is 1.07 bits per heavy atom. The van der Waals surface area contributed by atoms with Crippen LogP contribution < -0.4 is 15.4 Å². The number of ether oxygens (including phenoxy) is 1. The van der Waals surface area contributed by atoms with E-state index in [1.807, 2.05) is 6.07 Å². The predicted molar refractivity (Wildman–Crippen MR) is 93.5 cm³/mol. The molecule has 0 saturated carbocycles. The molecule has 2 aromatic heterocycles. The number of nitrogens with one attached hydrogen (secondary N) is 2. The van der Waals surface area contributed by atoms with Gasteiger partial charge in [0.15, 0.2) is 5.82 Å². The van der Waals surface area contributed by atoms with Crippen molar-refractivity contribution in [1.82, 2.24) is 25.4 Å². The van der Waals surface area contributed by atoms with Gasteiger partial charge in [0.05, 0.1) is 0 Å². The van der Waals surface area contributed by atoms with Crippen molar-refractivity contribution in [3.63, 3.8) is 0 Å². The number of carbonyl (C=O) groups is 1. The van der Waals surface area contributed by atoms with Gasteiger partial charge in [-0.2, -0.15) is 13.9 Å². The molecule has 2 N–H and O–H groups in total. The second-order valence-corrected chi connectivity index (χ2v) is 5.53. The zero-order valence-corrected chi connectivity index (χ0v) is 14.2. The van der Waals surface area contributed by atoms with Crippen molar-refractivity contribution in [3.05, 3.63) is 72.2 Å². The number of hydrogen-bond donors (Lipinski definition) is 2. The van der Waals surface area contributed by atoms with E-state index in [0.29, 0.717) is 12.4 Å². The first-order chi connectivity index (χ1) is 13.1. The molecule has 2 amide bonds. The molecule has 0 atom stereocenters. The van der Waals surface area contributed by atoms with Crippen LogP contribution in [0.1, 0.15) is 11.1 Å². The fourth-order valence-corrected chi connectivity index (χ4v) is 2.32. The normalized spacial score (nSPS) is 10.6. The van der Waals surface area contributed by atoms with Crippen LogP contribution in [0, 0.1) is 0 Å². The molecule has 0 aliphatic heterocycles. The van der Waals surface area contributed by atoms with Crippen molar-refractivity contribution < 1.29 is 18.3 Å². The van der Waals surface area contributed by atoms with Crippen LogP contribution in [0.3, 0.4) is 0 Å². The van der Waals surface area contributed by atoms with Gasteiger partial charge < -0.3 is 15.4 Å². The summed E-state index contributed by atoms with van der Waals surface area (Å²) in [6.07, 6.45) is 5.09. The molecule has 0 fully saturated rings. The molecule has 2 heterocycles. The summed E-state index contributed by atoms with van der Waals surface area (Å²) in [5.41, 5.74) is 1.63. The van der Waals surface area contributed by atoms with Gasteiger partial charge in [-0.25, -0.2) is 14.5 Å². The summed E-state index contributed by atoms with van der Waals surface area (Å²) in [6, 6.07) is 11.1. The van der Waals surface area contributed by atoms with Crippen LogP contribution in [0.15, 0.2) is 61.1 Å². The second-order valence-electron chi connectivity index (χ2n) is 5.53. The topological polar surface area (TPSA) is 81.1 Å². The third kappa shape index (κ3) is 5.50. The molecule has 7 nitrogen and oxygen atoms in total. The van der Waals surface area contributed by atoms with E-state index in [-0.39, 0.29) is 18.3 Å². The first-order valence-electron chi connectivity index (χ1n) is 8.10. The van der Waals surface area contributed by atoms with E-state index in [4.69, 9.17) is 0 Å². The Morgan fingerprint density at radius 2 is 1.81 bits per heavy atom. The molecule has 3 aromatic rings. The Balaban J connectivity index is 1.47. The Bertz CT molecular complexity index is 870.